The maximum absolute atomic E-state index is 10.6. The van der Waals surface area contributed by atoms with Gasteiger partial charge >= 0.3 is 0 Å². The number of nitrogens with one attached hydrogen (secondary N) is 1. The summed E-state index contributed by atoms with van der Waals surface area (Å²) in [6.07, 6.45) is 0. The first-order chi connectivity index (χ1) is 7.80. The van der Waals surface area contributed by atoms with Crippen LogP contribution in [0.5, 0.6) is 0 Å². The van der Waals surface area contributed by atoms with E-state index < -0.39 is 8.84 Å². The van der Waals surface area contributed by atoms with Crippen LogP contribution >= 0.6 is 47.0 Å². The summed E-state index contributed by atoms with van der Waals surface area (Å²) in [6, 6.07) is 4.19. The number of rotatable bonds is 1. The Morgan fingerprint density at radius 1 is 1.41 bits per heavy atom. The second kappa shape index (κ2) is 4.13. The molecular formula is C8H4Cl3N3O2S. The number of benzene rings is 1. The standard InChI is InChI=1S/C8H4Cl3N3O2S/c9-8(10,11)13-7(17)5-2-1-4(14(15)16)3-6(5)12-13/h1-3,12H. The van der Waals surface area contributed by atoms with Crippen LogP contribution in [0.3, 0.4) is 0 Å². The van der Waals surface area contributed by atoms with Crippen molar-refractivity contribution in [3.05, 3.63) is 33.0 Å². The zero-order valence-electron chi connectivity index (χ0n) is 7.99. The number of hydrogen-bond acceptors (Lipinski definition) is 3. The van der Waals surface area contributed by atoms with E-state index in [-0.39, 0.29) is 10.3 Å². The van der Waals surface area contributed by atoms with Gasteiger partial charge in [0.2, 0.25) is 0 Å². The van der Waals surface area contributed by atoms with Crippen LogP contribution in [0.1, 0.15) is 0 Å². The highest BCUT2D eigenvalue weighted by Gasteiger charge is 2.25. The number of non-ortho nitro benzene ring substituents is 1. The van der Waals surface area contributed by atoms with Crippen molar-refractivity contribution in [2.24, 2.45) is 0 Å². The minimum Gasteiger partial charge on any atom is -0.293 e. The minimum atomic E-state index is -1.76. The average molecular weight is 313 g/mol. The number of fused-ring (bicyclic) bond motifs is 1. The average Bonchev–Trinajstić information content (AvgIpc) is 2.55. The van der Waals surface area contributed by atoms with E-state index >= 15 is 0 Å². The highest BCUT2D eigenvalue weighted by atomic mass is 35.6. The van der Waals surface area contributed by atoms with Gasteiger partial charge in [0.1, 0.15) is 4.64 Å². The largest absolute Gasteiger partial charge is 0.293 e. The number of hydrogen-bond donors (Lipinski definition) is 1. The maximum Gasteiger partial charge on any atom is 0.286 e. The fourth-order valence-corrected chi connectivity index (χ4v) is 2.29. The molecule has 2 aromatic rings. The van der Waals surface area contributed by atoms with Crippen LogP contribution in [0.2, 0.25) is 0 Å². The molecule has 0 aliphatic rings. The van der Waals surface area contributed by atoms with Crippen molar-refractivity contribution in [2.45, 2.75) is 3.92 Å². The van der Waals surface area contributed by atoms with E-state index in [9.17, 15) is 10.1 Å². The van der Waals surface area contributed by atoms with Crippen LogP contribution < -0.4 is 0 Å². The monoisotopic (exact) mass is 311 g/mol. The molecule has 1 aromatic heterocycles. The van der Waals surface area contributed by atoms with Crippen molar-refractivity contribution in [3.8, 4) is 0 Å². The van der Waals surface area contributed by atoms with Gasteiger partial charge in [-0.25, -0.2) is 4.68 Å². The zero-order chi connectivity index (χ0) is 12.8. The molecule has 0 spiro atoms. The van der Waals surface area contributed by atoms with Gasteiger partial charge in [-0.15, -0.1) is 0 Å². The minimum absolute atomic E-state index is 0.0646. The van der Waals surface area contributed by atoms with Gasteiger partial charge in [0.15, 0.2) is 0 Å². The molecule has 90 valence electrons. The number of alkyl halides is 3. The van der Waals surface area contributed by atoms with Crippen molar-refractivity contribution in [1.82, 2.24) is 9.78 Å². The van der Waals surface area contributed by atoms with E-state index in [1.807, 2.05) is 0 Å². The van der Waals surface area contributed by atoms with Crippen LogP contribution in [0.25, 0.3) is 10.9 Å². The SMILES string of the molecule is O=[N+]([O-])c1ccc2c(=S)n(C(Cl)(Cl)Cl)[nH]c2c1. The lowest BCUT2D eigenvalue weighted by Gasteiger charge is -2.11. The summed E-state index contributed by atoms with van der Waals surface area (Å²) < 4.78 is -0.346. The van der Waals surface area contributed by atoms with E-state index in [2.05, 4.69) is 5.10 Å². The Kier molecular flexibility index (Phi) is 3.07. The van der Waals surface area contributed by atoms with E-state index in [0.29, 0.717) is 10.9 Å². The number of aromatic nitrogens is 2. The molecule has 1 heterocycles. The van der Waals surface area contributed by atoms with E-state index in [1.54, 1.807) is 0 Å². The third-order valence-corrected chi connectivity index (χ3v) is 3.04. The van der Waals surface area contributed by atoms with E-state index in [4.69, 9.17) is 47.0 Å². The molecule has 0 amide bonds. The zero-order valence-corrected chi connectivity index (χ0v) is 11.1. The van der Waals surface area contributed by atoms with Crippen LogP contribution in [0.4, 0.5) is 5.69 Å². The molecule has 0 bridgehead atoms. The van der Waals surface area contributed by atoms with Crippen LogP contribution in [0.15, 0.2) is 18.2 Å². The van der Waals surface area contributed by atoms with Crippen LogP contribution in [-0.4, -0.2) is 14.7 Å². The van der Waals surface area contributed by atoms with Gasteiger partial charge in [0.05, 0.1) is 10.4 Å². The molecule has 1 aromatic carbocycles. The predicted octanol–water partition coefficient (Wildman–Crippen LogP) is 3.89. The van der Waals surface area contributed by atoms with Gasteiger partial charge < -0.3 is 0 Å². The summed E-state index contributed by atoms with van der Waals surface area (Å²) in [4.78, 5) is 10.1. The summed E-state index contributed by atoms with van der Waals surface area (Å²) in [6.45, 7) is 0. The summed E-state index contributed by atoms with van der Waals surface area (Å²) in [5.74, 6) is 0. The summed E-state index contributed by atoms with van der Waals surface area (Å²) in [5, 5.41) is 13.9. The summed E-state index contributed by atoms with van der Waals surface area (Å²) in [7, 11) is 0. The molecule has 5 nitrogen and oxygen atoms in total. The predicted molar refractivity (Wildman–Crippen MR) is 69.3 cm³/mol. The number of nitro benzene ring substituents is 1. The fourth-order valence-electron chi connectivity index (χ4n) is 1.39. The van der Waals surface area contributed by atoms with Crippen molar-refractivity contribution in [3.63, 3.8) is 0 Å². The van der Waals surface area contributed by atoms with Gasteiger partial charge in [0.25, 0.3) is 9.60 Å². The number of halogens is 3. The van der Waals surface area contributed by atoms with Crippen LogP contribution in [-0.2, 0) is 3.92 Å². The Bertz CT molecular complexity index is 658. The highest BCUT2D eigenvalue weighted by molar-refractivity contribution is 7.71. The Morgan fingerprint density at radius 3 is 2.59 bits per heavy atom. The Labute approximate surface area is 115 Å². The molecule has 0 saturated carbocycles. The molecule has 0 unspecified atom stereocenters. The Balaban J connectivity index is 2.74. The fraction of sp³-hybridized carbons (Fsp3) is 0.125. The smallest absolute Gasteiger partial charge is 0.286 e. The number of nitro groups is 1. The molecule has 17 heavy (non-hydrogen) atoms. The van der Waals surface area contributed by atoms with Gasteiger partial charge in [-0.2, -0.15) is 0 Å². The highest BCUT2D eigenvalue weighted by Crippen LogP contribution is 2.34. The Morgan fingerprint density at radius 2 is 2.06 bits per heavy atom. The quantitative estimate of drug-likeness (QED) is 0.376. The molecule has 0 saturated heterocycles. The van der Waals surface area contributed by atoms with E-state index in [1.165, 1.54) is 18.2 Å². The molecule has 0 aliphatic heterocycles. The lowest BCUT2D eigenvalue weighted by atomic mass is 10.2. The Hall–Kier alpha value is -0.820. The summed E-state index contributed by atoms with van der Waals surface area (Å²) >= 11 is 22.2. The molecule has 0 radical (unpaired) electrons. The summed E-state index contributed by atoms with van der Waals surface area (Å²) in [5.41, 5.74) is 0.376. The molecule has 0 aliphatic carbocycles. The van der Waals surface area contributed by atoms with Gasteiger partial charge in [0, 0.05) is 17.5 Å². The van der Waals surface area contributed by atoms with Crippen molar-refractivity contribution < 1.29 is 4.92 Å². The van der Waals surface area contributed by atoms with Crippen molar-refractivity contribution in [1.29, 1.82) is 0 Å². The number of nitrogens with zero attached hydrogens (tertiary/aromatic N) is 2. The van der Waals surface area contributed by atoms with Gasteiger partial charge in [-0.05, 0) is 6.07 Å². The van der Waals surface area contributed by atoms with Gasteiger partial charge in [-0.3, -0.25) is 15.2 Å². The molecule has 2 rings (SSSR count). The first-order valence-electron chi connectivity index (χ1n) is 4.27. The van der Waals surface area contributed by atoms with Crippen molar-refractivity contribution >= 4 is 63.6 Å². The molecular weight excluding hydrogens is 309 g/mol. The number of aromatic amines is 1. The van der Waals surface area contributed by atoms with Gasteiger partial charge in [-0.1, -0.05) is 47.0 Å². The third kappa shape index (κ3) is 2.26. The molecule has 1 N–H and O–H groups in total. The second-order valence-electron chi connectivity index (χ2n) is 3.21. The van der Waals surface area contributed by atoms with Crippen LogP contribution in [0, 0.1) is 14.8 Å². The van der Waals surface area contributed by atoms with E-state index in [0.717, 1.165) is 4.68 Å². The lowest BCUT2D eigenvalue weighted by Crippen LogP contribution is -2.14. The first kappa shape index (κ1) is 12.6. The maximum atomic E-state index is 10.6. The molecule has 0 fully saturated rings. The second-order valence-corrected chi connectivity index (χ2v) is 5.82. The third-order valence-electron chi connectivity index (χ3n) is 2.13. The topological polar surface area (TPSA) is 63.9 Å². The lowest BCUT2D eigenvalue weighted by molar-refractivity contribution is -0.384. The number of H-pyrrole nitrogens is 1. The van der Waals surface area contributed by atoms with Crippen molar-refractivity contribution in [2.75, 3.05) is 0 Å². The normalized spacial score (nSPS) is 11.9. The first-order valence-corrected chi connectivity index (χ1v) is 5.81. The molecule has 9 heteroatoms. The molecule has 0 atom stereocenters.